The number of halogens is 1. The molecule has 1 saturated heterocycles. The number of amides is 4. The smallest absolute Gasteiger partial charge is 0.334 e. The maximum atomic E-state index is 12.3. The van der Waals surface area contributed by atoms with Gasteiger partial charge in [0.2, 0.25) is 0 Å². The molecule has 1 fully saturated rings. The van der Waals surface area contributed by atoms with Crippen LogP contribution in [0, 0.1) is 0 Å². The van der Waals surface area contributed by atoms with Crippen molar-refractivity contribution in [2.75, 3.05) is 19.0 Å². The number of ether oxygens (including phenoxy) is 1. The van der Waals surface area contributed by atoms with Crippen LogP contribution in [-0.2, 0) is 16.1 Å². The van der Waals surface area contributed by atoms with E-state index >= 15 is 0 Å². The summed E-state index contributed by atoms with van der Waals surface area (Å²) in [5, 5.41) is 2.20. The van der Waals surface area contributed by atoms with E-state index in [0.717, 1.165) is 26.1 Å². The number of alkyl halides is 1. The first-order valence-corrected chi connectivity index (χ1v) is 8.48. The molecule has 0 spiro atoms. The largest absolute Gasteiger partial charge is 0.496 e. The van der Waals surface area contributed by atoms with E-state index in [2.05, 4.69) is 15.9 Å². The molecule has 0 bridgehead atoms. The van der Waals surface area contributed by atoms with Gasteiger partial charge in [-0.05, 0) is 17.0 Å². The predicted molar refractivity (Wildman–Crippen MR) is 92.0 cm³/mol. The van der Waals surface area contributed by atoms with E-state index in [4.69, 9.17) is 4.74 Å². The van der Waals surface area contributed by atoms with Crippen molar-refractivity contribution in [1.29, 1.82) is 0 Å². The minimum atomic E-state index is -0.791. The van der Waals surface area contributed by atoms with Crippen molar-refractivity contribution in [3.8, 4) is 5.75 Å². The first-order valence-electron chi connectivity index (χ1n) is 7.36. The number of imide groups is 2. The van der Waals surface area contributed by atoms with Crippen LogP contribution in [0.3, 0.4) is 0 Å². The van der Waals surface area contributed by atoms with Gasteiger partial charge in [0.1, 0.15) is 5.75 Å². The summed E-state index contributed by atoms with van der Waals surface area (Å²) in [5.74, 6) is -0.858. The van der Waals surface area contributed by atoms with Gasteiger partial charge in [-0.25, -0.2) is 4.79 Å². The van der Waals surface area contributed by atoms with E-state index in [0.29, 0.717) is 11.1 Å². The SMILES string of the molecule is COc1ccc(CN2C(=O)C(=O)N(CCBr)C2=O)c2ccccc12. The van der Waals surface area contributed by atoms with Crippen LogP contribution in [0.1, 0.15) is 5.56 Å². The predicted octanol–water partition coefficient (Wildman–Crippen LogP) is 2.53. The van der Waals surface area contributed by atoms with E-state index in [1.165, 1.54) is 0 Å². The highest BCUT2D eigenvalue weighted by Crippen LogP contribution is 2.29. The van der Waals surface area contributed by atoms with Gasteiger partial charge in [0.25, 0.3) is 0 Å². The molecule has 1 heterocycles. The topological polar surface area (TPSA) is 66.9 Å². The zero-order valence-corrected chi connectivity index (χ0v) is 14.6. The molecule has 6 nitrogen and oxygen atoms in total. The van der Waals surface area contributed by atoms with E-state index < -0.39 is 17.8 Å². The molecular formula is C17H15BrN2O4. The lowest BCUT2D eigenvalue weighted by Gasteiger charge is -2.16. The van der Waals surface area contributed by atoms with E-state index in [-0.39, 0.29) is 13.1 Å². The molecule has 4 amide bonds. The Balaban J connectivity index is 1.97. The Kier molecular flexibility index (Phi) is 4.53. The molecule has 1 aliphatic heterocycles. The number of nitrogens with zero attached hydrogens (tertiary/aromatic N) is 2. The van der Waals surface area contributed by atoms with Gasteiger partial charge >= 0.3 is 17.8 Å². The molecule has 24 heavy (non-hydrogen) atoms. The summed E-state index contributed by atoms with van der Waals surface area (Å²) < 4.78 is 5.35. The molecular weight excluding hydrogens is 376 g/mol. The van der Waals surface area contributed by atoms with Crippen molar-refractivity contribution in [2.24, 2.45) is 0 Å². The first kappa shape index (κ1) is 16.4. The molecule has 0 unspecified atom stereocenters. The number of benzene rings is 2. The second kappa shape index (κ2) is 6.60. The van der Waals surface area contributed by atoms with Gasteiger partial charge in [0.05, 0.1) is 13.7 Å². The van der Waals surface area contributed by atoms with Crippen LogP contribution in [-0.4, -0.2) is 46.6 Å². The summed E-state index contributed by atoms with van der Waals surface area (Å²) in [6.07, 6.45) is 0. The number of rotatable bonds is 5. The molecule has 2 aromatic rings. The Hall–Kier alpha value is -2.41. The molecule has 0 aromatic heterocycles. The summed E-state index contributed by atoms with van der Waals surface area (Å²) in [4.78, 5) is 38.4. The number of fused-ring (bicyclic) bond motifs is 1. The average Bonchev–Trinajstić information content (AvgIpc) is 2.80. The molecule has 0 radical (unpaired) electrons. The van der Waals surface area contributed by atoms with E-state index in [1.54, 1.807) is 19.2 Å². The van der Waals surface area contributed by atoms with Crippen LogP contribution < -0.4 is 4.74 Å². The summed E-state index contributed by atoms with van der Waals surface area (Å²) in [5.41, 5.74) is 0.779. The summed E-state index contributed by atoms with van der Waals surface area (Å²) in [7, 11) is 1.59. The molecule has 0 atom stereocenters. The van der Waals surface area contributed by atoms with Crippen molar-refractivity contribution < 1.29 is 19.1 Å². The molecule has 0 N–H and O–H groups in total. The highest BCUT2D eigenvalue weighted by molar-refractivity contribution is 9.09. The third kappa shape index (κ3) is 2.65. The van der Waals surface area contributed by atoms with Gasteiger partial charge in [-0.15, -0.1) is 0 Å². The molecule has 124 valence electrons. The number of urea groups is 1. The molecule has 3 rings (SSSR count). The van der Waals surface area contributed by atoms with Gasteiger partial charge < -0.3 is 4.74 Å². The highest BCUT2D eigenvalue weighted by Gasteiger charge is 2.43. The van der Waals surface area contributed by atoms with Crippen LogP contribution in [0.4, 0.5) is 4.79 Å². The van der Waals surface area contributed by atoms with Crippen LogP contribution in [0.25, 0.3) is 10.8 Å². The standard InChI is InChI=1S/C17H15BrN2O4/c1-24-14-7-6-11(12-4-2-3-5-13(12)14)10-20-16(22)15(21)19(9-8-18)17(20)23/h2-7H,8-10H2,1H3. The van der Waals surface area contributed by atoms with Crippen LogP contribution in [0.15, 0.2) is 36.4 Å². The van der Waals surface area contributed by atoms with Crippen molar-refractivity contribution >= 4 is 44.5 Å². The van der Waals surface area contributed by atoms with Crippen LogP contribution in [0.2, 0.25) is 0 Å². The lowest BCUT2D eigenvalue weighted by Crippen LogP contribution is -2.34. The fourth-order valence-corrected chi connectivity index (χ4v) is 3.15. The third-order valence-electron chi connectivity index (χ3n) is 3.97. The molecule has 1 aliphatic rings. The van der Waals surface area contributed by atoms with Gasteiger partial charge in [0, 0.05) is 17.3 Å². The number of carbonyl (C=O) groups excluding carboxylic acids is 3. The Morgan fingerprint density at radius 2 is 1.62 bits per heavy atom. The Morgan fingerprint density at radius 1 is 0.958 bits per heavy atom. The first-order chi connectivity index (χ1) is 11.6. The van der Waals surface area contributed by atoms with Crippen molar-refractivity contribution in [3.05, 3.63) is 42.0 Å². The quantitative estimate of drug-likeness (QED) is 0.446. The molecule has 0 saturated carbocycles. The lowest BCUT2D eigenvalue weighted by molar-refractivity contribution is -0.143. The number of carbonyl (C=O) groups is 3. The number of hydrogen-bond donors (Lipinski definition) is 0. The van der Waals surface area contributed by atoms with Gasteiger partial charge in [-0.1, -0.05) is 46.3 Å². The monoisotopic (exact) mass is 390 g/mol. The maximum Gasteiger partial charge on any atom is 0.334 e. The van der Waals surface area contributed by atoms with Gasteiger partial charge in [0.15, 0.2) is 0 Å². The van der Waals surface area contributed by atoms with E-state index in [1.807, 2.05) is 24.3 Å². The Labute approximate surface area is 147 Å². The highest BCUT2D eigenvalue weighted by atomic mass is 79.9. The molecule has 0 aliphatic carbocycles. The lowest BCUT2D eigenvalue weighted by atomic mass is 10.0. The summed E-state index contributed by atoms with van der Waals surface area (Å²) in [6, 6.07) is 10.6. The zero-order chi connectivity index (χ0) is 17.3. The fraction of sp³-hybridized carbons (Fsp3) is 0.235. The Morgan fingerprint density at radius 3 is 2.29 bits per heavy atom. The molecule has 7 heteroatoms. The second-order valence-electron chi connectivity index (χ2n) is 5.29. The summed E-state index contributed by atoms with van der Waals surface area (Å²) >= 11 is 3.18. The van der Waals surface area contributed by atoms with Crippen molar-refractivity contribution in [1.82, 2.24) is 9.80 Å². The minimum absolute atomic E-state index is 0.0483. The average molecular weight is 391 g/mol. The van der Waals surface area contributed by atoms with Gasteiger partial charge in [-0.2, -0.15) is 0 Å². The zero-order valence-electron chi connectivity index (χ0n) is 13.0. The Bertz CT molecular complexity index is 836. The molecule has 2 aromatic carbocycles. The minimum Gasteiger partial charge on any atom is -0.496 e. The van der Waals surface area contributed by atoms with E-state index in [9.17, 15) is 14.4 Å². The number of hydrogen-bond acceptors (Lipinski definition) is 4. The summed E-state index contributed by atoms with van der Waals surface area (Å²) in [6.45, 7) is 0.218. The third-order valence-corrected chi connectivity index (χ3v) is 4.32. The van der Waals surface area contributed by atoms with Crippen molar-refractivity contribution in [3.63, 3.8) is 0 Å². The van der Waals surface area contributed by atoms with Gasteiger partial charge in [-0.3, -0.25) is 19.4 Å². The fourth-order valence-electron chi connectivity index (χ4n) is 2.79. The number of methoxy groups -OCH3 is 1. The maximum absolute atomic E-state index is 12.3. The van der Waals surface area contributed by atoms with Crippen LogP contribution in [0.5, 0.6) is 5.75 Å². The second-order valence-corrected chi connectivity index (χ2v) is 6.09. The normalized spacial score (nSPS) is 14.8. The van der Waals surface area contributed by atoms with Crippen molar-refractivity contribution in [2.45, 2.75) is 6.54 Å². The van der Waals surface area contributed by atoms with Crippen LogP contribution >= 0.6 is 15.9 Å².